The normalized spacial score (nSPS) is 60.3. The molecule has 1 aliphatic heterocycles. The largest absolute Gasteiger partial charge is 0.316 e. The minimum absolute atomic E-state index is 0.711. The van der Waals surface area contributed by atoms with Crippen molar-refractivity contribution >= 4 is 0 Å². The van der Waals surface area contributed by atoms with Crippen LogP contribution >= 0.6 is 0 Å². The van der Waals surface area contributed by atoms with Crippen LogP contribution in [0.5, 0.6) is 0 Å². The Hall–Kier alpha value is -0.0400. The van der Waals surface area contributed by atoms with Crippen LogP contribution in [0.4, 0.5) is 0 Å². The van der Waals surface area contributed by atoms with Crippen LogP contribution in [0.15, 0.2) is 0 Å². The van der Waals surface area contributed by atoms with Gasteiger partial charge in [-0.1, -0.05) is 6.92 Å². The lowest BCUT2D eigenvalue weighted by molar-refractivity contribution is 0.156. The van der Waals surface area contributed by atoms with Gasteiger partial charge in [-0.05, 0) is 49.0 Å². The van der Waals surface area contributed by atoms with E-state index in [1.165, 1.54) is 25.9 Å². The number of rotatable bonds is 0. The Morgan fingerprint density at radius 1 is 1.36 bits per heavy atom. The molecule has 1 nitrogen and oxygen atoms in total. The van der Waals surface area contributed by atoms with Gasteiger partial charge in [0.1, 0.15) is 0 Å². The summed E-state index contributed by atoms with van der Waals surface area (Å²) < 4.78 is 0. The van der Waals surface area contributed by atoms with E-state index in [4.69, 9.17) is 0 Å². The monoisotopic (exact) mass is 151 g/mol. The van der Waals surface area contributed by atoms with Crippen molar-refractivity contribution in [2.24, 2.45) is 23.2 Å². The lowest BCUT2D eigenvalue weighted by Crippen LogP contribution is -2.32. The molecule has 11 heavy (non-hydrogen) atoms. The van der Waals surface area contributed by atoms with E-state index < -0.39 is 0 Å². The van der Waals surface area contributed by atoms with Crippen molar-refractivity contribution in [2.75, 3.05) is 13.1 Å². The van der Waals surface area contributed by atoms with Gasteiger partial charge >= 0.3 is 0 Å². The highest BCUT2D eigenvalue weighted by Gasteiger charge is 2.56. The summed E-state index contributed by atoms with van der Waals surface area (Å²) in [6.07, 6.45) is 4.62. The second-order valence-electron chi connectivity index (χ2n) is 5.01. The fraction of sp³-hybridized carbons (Fsp3) is 1.00. The van der Waals surface area contributed by atoms with E-state index >= 15 is 0 Å². The van der Waals surface area contributed by atoms with Gasteiger partial charge in [0, 0.05) is 6.54 Å². The molecule has 3 fully saturated rings. The number of hydrogen-bond acceptors (Lipinski definition) is 1. The zero-order valence-corrected chi connectivity index (χ0v) is 7.27. The third-order valence-corrected chi connectivity index (χ3v) is 4.69. The van der Waals surface area contributed by atoms with Crippen LogP contribution in [0.2, 0.25) is 0 Å². The highest BCUT2D eigenvalue weighted by atomic mass is 15.0. The fourth-order valence-corrected chi connectivity index (χ4v) is 3.99. The Morgan fingerprint density at radius 2 is 2.27 bits per heavy atom. The lowest BCUT2D eigenvalue weighted by Gasteiger charge is -2.34. The molecule has 2 saturated carbocycles. The first kappa shape index (κ1) is 6.47. The Morgan fingerprint density at radius 3 is 3.09 bits per heavy atom. The van der Waals surface area contributed by atoms with Crippen molar-refractivity contribution in [3.8, 4) is 0 Å². The second kappa shape index (κ2) is 1.82. The summed E-state index contributed by atoms with van der Waals surface area (Å²) in [6, 6.07) is 0. The third kappa shape index (κ3) is 0.618. The van der Waals surface area contributed by atoms with Crippen LogP contribution < -0.4 is 5.32 Å². The van der Waals surface area contributed by atoms with Crippen molar-refractivity contribution in [1.29, 1.82) is 0 Å². The molecule has 3 aliphatic rings. The summed E-state index contributed by atoms with van der Waals surface area (Å²) in [5.74, 6) is 3.22. The Labute approximate surface area is 68.6 Å². The first-order valence-electron chi connectivity index (χ1n) is 5.01. The topological polar surface area (TPSA) is 12.0 Å². The number of nitrogens with one attached hydrogen (secondary N) is 1. The highest BCUT2D eigenvalue weighted by molar-refractivity contribution is 5.08. The van der Waals surface area contributed by atoms with Crippen LogP contribution in [-0.2, 0) is 0 Å². The zero-order chi connectivity index (χ0) is 7.47. The van der Waals surface area contributed by atoms with Crippen LogP contribution in [-0.4, -0.2) is 13.1 Å². The third-order valence-electron chi connectivity index (χ3n) is 4.69. The molecule has 1 heteroatoms. The molecule has 1 heterocycles. The molecular weight excluding hydrogens is 134 g/mol. The van der Waals surface area contributed by atoms with Gasteiger partial charge < -0.3 is 5.32 Å². The Kier molecular flexibility index (Phi) is 1.07. The average molecular weight is 151 g/mol. The van der Waals surface area contributed by atoms with Crippen molar-refractivity contribution in [1.82, 2.24) is 5.32 Å². The van der Waals surface area contributed by atoms with E-state index in [9.17, 15) is 0 Å². The summed E-state index contributed by atoms with van der Waals surface area (Å²) in [5.41, 5.74) is 0.711. The predicted molar refractivity (Wildman–Crippen MR) is 45.3 cm³/mol. The second-order valence-corrected chi connectivity index (χ2v) is 5.01. The molecule has 3 rings (SSSR count). The maximum atomic E-state index is 3.57. The highest BCUT2D eigenvalue weighted by Crippen LogP contribution is 2.60. The minimum atomic E-state index is 0.711. The standard InChI is InChI=1S/C10H17N/c1-10-6-11-5-9(10)7-2-3-8(10)4-7/h7-9,11H,2-6H2,1H3/t7?,8?,9?,10-/m1/s1. The first-order chi connectivity index (χ1) is 5.31. The van der Waals surface area contributed by atoms with Crippen LogP contribution in [0, 0.1) is 23.2 Å². The van der Waals surface area contributed by atoms with Crippen molar-refractivity contribution in [2.45, 2.75) is 26.2 Å². The van der Waals surface area contributed by atoms with Gasteiger partial charge in [-0.25, -0.2) is 0 Å². The van der Waals surface area contributed by atoms with Crippen molar-refractivity contribution in [3.05, 3.63) is 0 Å². The minimum Gasteiger partial charge on any atom is -0.316 e. The number of hydrogen-bond donors (Lipinski definition) is 1. The maximum absolute atomic E-state index is 3.57. The van der Waals surface area contributed by atoms with Gasteiger partial charge in [0.15, 0.2) is 0 Å². The average Bonchev–Trinajstić information content (AvgIpc) is 2.54. The zero-order valence-electron chi connectivity index (χ0n) is 7.27. The van der Waals surface area contributed by atoms with Gasteiger partial charge in [-0.3, -0.25) is 0 Å². The molecule has 0 amide bonds. The van der Waals surface area contributed by atoms with E-state index in [2.05, 4.69) is 12.2 Å². The quantitative estimate of drug-likeness (QED) is 0.555. The lowest BCUT2D eigenvalue weighted by atomic mass is 9.70. The van der Waals surface area contributed by atoms with E-state index in [-0.39, 0.29) is 0 Å². The van der Waals surface area contributed by atoms with Gasteiger partial charge in [0.25, 0.3) is 0 Å². The van der Waals surface area contributed by atoms with E-state index in [1.54, 1.807) is 6.42 Å². The van der Waals surface area contributed by atoms with Crippen LogP contribution in [0.1, 0.15) is 26.2 Å². The molecular formula is C10H17N. The first-order valence-corrected chi connectivity index (χ1v) is 5.01. The van der Waals surface area contributed by atoms with E-state index in [0.717, 1.165) is 17.8 Å². The molecule has 4 atom stereocenters. The van der Waals surface area contributed by atoms with Gasteiger partial charge in [0.2, 0.25) is 0 Å². The predicted octanol–water partition coefficient (Wildman–Crippen LogP) is 1.64. The summed E-state index contributed by atoms with van der Waals surface area (Å²) >= 11 is 0. The summed E-state index contributed by atoms with van der Waals surface area (Å²) in [6.45, 7) is 5.14. The van der Waals surface area contributed by atoms with E-state index in [0.29, 0.717) is 5.41 Å². The van der Waals surface area contributed by atoms with Crippen molar-refractivity contribution in [3.63, 3.8) is 0 Å². The molecule has 3 unspecified atom stereocenters. The maximum Gasteiger partial charge on any atom is 0.00112 e. The molecule has 62 valence electrons. The summed E-state index contributed by atoms with van der Waals surface area (Å²) in [4.78, 5) is 0. The molecule has 0 aromatic heterocycles. The summed E-state index contributed by atoms with van der Waals surface area (Å²) in [7, 11) is 0. The van der Waals surface area contributed by atoms with Crippen LogP contribution in [0.25, 0.3) is 0 Å². The summed E-state index contributed by atoms with van der Waals surface area (Å²) in [5, 5.41) is 3.57. The van der Waals surface area contributed by atoms with Gasteiger partial charge in [0.05, 0.1) is 0 Å². The number of fused-ring (bicyclic) bond motifs is 5. The fourth-order valence-electron chi connectivity index (χ4n) is 3.99. The smallest absolute Gasteiger partial charge is 0.00112 e. The van der Waals surface area contributed by atoms with E-state index in [1.807, 2.05) is 0 Å². The van der Waals surface area contributed by atoms with Crippen LogP contribution in [0.3, 0.4) is 0 Å². The molecule has 2 aliphatic carbocycles. The Bertz CT molecular complexity index is 189. The van der Waals surface area contributed by atoms with Crippen molar-refractivity contribution < 1.29 is 0 Å². The molecule has 1 N–H and O–H groups in total. The molecule has 2 bridgehead atoms. The molecule has 0 radical (unpaired) electrons. The van der Waals surface area contributed by atoms with Gasteiger partial charge in [-0.2, -0.15) is 0 Å². The molecule has 0 aromatic carbocycles. The Balaban J connectivity index is 2.00. The van der Waals surface area contributed by atoms with Gasteiger partial charge in [-0.15, -0.1) is 0 Å². The molecule has 0 aromatic rings. The molecule has 1 saturated heterocycles. The SMILES string of the molecule is C[C@]12CNCC1C1CCC2C1. The molecule has 0 spiro atoms.